The Morgan fingerprint density at radius 1 is 1.47 bits per heavy atom. The van der Waals surface area contributed by atoms with Crippen LogP contribution in [0.5, 0.6) is 0 Å². The maximum absolute atomic E-state index is 11.7. The highest BCUT2D eigenvalue weighted by atomic mass is 16.5. The van der Waals surface area contributed by atoms with Crippen molar-refractivity contribution in [3.05, 3.63) is 0 Å². The molecule has 0 aromatic carbocycles. The van der Waals surface area contributed by atoms with Crippen molar-refractivity contribution in [3.8, 4) is 0 Å². The van der Waals surface area contributed by atoms with Gasteiger partial charge in [-0.05, 0) is 44.9 Å². The minimum absolute atomic E-state index is 0.108. The normalized spacial score (nSPS) is 30.2. The number of nitrogens with one attached hydrogen (secondary N) is 1. The zero-order valence-corrected chi connectivity index (χ0v) is 10.7. The number of rotatable bonds is 6. The molecule has 3 N–H and O–H groups in total. The summed E-state index contributed by atoms with van der Waals surface area (Å²) in [5.74, 6) is 0.670. The van der Waals surface area contributed by atoms with Gasteiger partial charge in [0.25, 0.3) is 0 Å². The molecular weight excluding hydrogens is 216 g/mol. The molecule has 0 atom stereocenters. The molecule has 17 heavy (non-hydrogen) atoms. The van der Waals surface area contributed by atoms with Gasteiger partial charge in [0.15, 0.2) is 0 Å². The van der Waals surface area contributed by atoms with Crippen LogP contribution in [-0.4, -0.2) is 30.7 Å². The van der Waals surface area contributed by atoms with Gasteiger partial charge in [-0.15, -0.1) is 0 Å². The molecule has 2 aliphatic rings. The molecule has 0 aromatic rings. The monoisotopic (exact) mass is 240 g/mol. The predicted octanol–water partition coefficient (Wildman–Crippen LogP) is 1.19. The highest BCUT2D eigenvalue weighted by Gasteiger charge is 2.34. The molecule has 2 rings (SSSR count). The molecule has 4 heteroatoms. The highest BCUT2D eigenvalue weighted by molar-refractivity contribution is 5.76. The molecule has 0 bridgehead atoms. The molecule has 4 nitrogen and oxygen atoms in total. The number of ether oxygens (including phenoxy) is 1. The Morgan fingerprint density at radius 3 is 2.71 bits per heavy atom. The van der Waals surface area contributed by atoms with Crippen LogP contribution in [0.15, 0.2) is 0 Å². The first-order chi connectivity index (χ1) is 8.11. The third kappa shape index (κ3) is 3.42. The smallest absolute Gasteiger partial charge is 0.220 e. The molecule has 0 aliphatic heterocycles. The van der Waals surface area contributed by atoms with Crippen LogP contribution < -0.4 is 11.1 Å². The van der Waals surface area contributed by atoms with Gasteiger partial charge in [-0.1, -0.05) is 0 Å². The third-order valence-electron chi connectivity index (χ3n) is 4.06. The number of hydrogen-bond acceptors (Lipinski definition) is 3. The molecular formula is C13H24N2O2. The van der Waals surface area contributed by atoms with Crippen molar-refractivity contribution in [2.75, 3.05) is 13.2 Å². The lowest BCUT2D eigenvalue weighted by atomic mass is 9.77. The number of nitrogens with two attached hydrogens (primary N) is 1. The Balaban J connectivity index is 1.56. The number of carbonyl (C=O) groups is 1. The molecule has 2 fully saturated rings. The SMILES string of the molecule is CCOC1CC(CC(=O)NCC2(N)CCC2)C1. The van der Waals surface area contributed by atoms with Gasteiger partial charge in [-0.2, -0.15) is 0 Å². The minimum Gasteiger partial charge on any atom is -0.378 e. The van der Waals surface area contributed by atoms with Gasteiger partial charge in [-0.25, -0.2) is 0 Å². The van der Waals surface area contributed by atoms with Crippen molar-refractivity contribution in [1.82, 2.24) is 5.32 Å². The van der Waals surface area contributed by atoms with Crippen LogP contribution in [0.1, 0.15) is 45.4 Å². The second-order valence-electron chi connectivity index (χ2n) is 5.61. The third-order valence-corrected chi connectivity index (χ3v) is 4.06. The van der Waals surface area contributed by atoms with Gasteiger partial charge < -0.3 is 15.8 Å². The summed E-state index contributed by atoms with van der Waals surface area (Å²) >= 11 is 0. The molecule has 1 amide bonds. The summed E-state index contributed by atoms with van der Waals surface area (Å²) in [4.78, 5) is 11.7. The summed E-state index contributed by atoms with van der Waals surface area (Å²) in [6, 6.07) is 0. The van der Waals surface area contributed by atoms with Crippen LogP contribution in [0, 0.1) is 5.92 Å². The number of amides is 1. The largest absolute Gasteiger partial charge is 0.378 e. The van der Waals surface area contributed by atoms with Gasteiger partial charge in [0.05, 0.1) is 6.10 Å². The Labute approximate surface area is 103 Å². The van der Waals surface area contributed by atoms with Gasteiger partial charge in [-0.3, -0.25) is 4.79 Å². The quantitative estimate of drug-likeness (QED) is 0.733. The van der Waals surface area contributed by atoms with Gasteiger partial charge in [0, 0.05) is 25.1 Å². The zero-order chi connectivity index (χ0) is 12.3. The van der Waals surface area contributed by atoms with E-state index in [2.05, 4.69) is 5.32 Å². The molecule has 0 saturated heterocycles. The van der Waals surface area contributed by atoms with E-state index in [1.54, 1.807) is 0 Å². The molecule has 0 heterocycles. The lowest BCUT2D eigenvalue weighted by molar-refractivity contribution is -0.124. The Morgan fingerprint density at radius 2 is 2.18 bits per heavy atom. The molecule has 2 saturated carbocycles. The molecule has 0 unspecified atom stereocenters. The summed E-state index contributed by atoms with van der Waals surface area (Å²) < 4.78 is 5.48. The van der Waals surface area contributed by atoms with E-state index in [-0.39, 0.29) is 11.4 Å². The molecule has 0 radical (unpaired) electrons. The van der Waals surface area contributed by atoms with Crippen LogP contribution in [0.4, 0.5) is 0 Å². The van der Waals surface area contributed by atoms with E-state index in [1.165, 1.54) is 6.42 Å². The maximum Gasteiger partial charge on any atom is 0.220 e. The Hall–Kier alpha value is -0.610. The van der Waals surface area contributed by atoms with Crippen molar-refractivity contribution in [3.63, 3.8) is 0 Å². The first-order valence-corrected chi connectivity index (χ1v) is 6.78. The van der Waals surface area contributed by atoms with E-state index >= 15 is 0 Å². The average molecular weight is 240 g/mol. The van der Waals surface area contributed by atoms with Crippen LogP contribution in [0.2, 0.25) is 0 Å². The van der Waals surface area contributed by atoms with Gasteiger partial charge in [0.2, 0.25) is 5.91 Å². The highest BCUT2D eigenvalue weighted by Crippen LogP contribution is 2.33. The van der Waals surface area contributed by atoms with Crippen LogP contribution >= 0.6 is 0 Å². The summed E-state index contributed by atoms with van der Waals surface area (Å²) in [7, 11) is 0. The Kier molecular flexibility index (Phi) is 4.05. The zero-order valence-electron chi connectivity index (χ0n) is 10.7. The Bertz CT molecular complexity index is 271. The van der Waals surface area contributed by atoms with Crippen molar-refractivity contribution < 1.29 is 9.53 Å². The molecule has 0 spiro atoms. The lowest BCUT2D eigenvalue weighted by Gasteiger charge is -2.38. The van der Waals surface area contributed by atoms with Crippen molar-refractivity contribution in [2.45, 2.75) is 57.1 Å². The summed E-state index contributed by atoms with van der Waals surface area (Å²) in [5, 5.41) is 2.97. The predicted molar refractivity (Wildman–Crippen MR) is 66.5 cm³/mol. The average Bonchev–Trinajstić information content (AvgIpc) is 2.21. The van der Waals surface area contributed by atoms with Gasteiger partial charge >= 0.3 is 0 Å². The first kappa shape index (κ1) is 12.8. The van der Waals surface area contributed by atoms with Crippen LogP contribution in [0.25, 0.3) is 0 Å². The lowest BCUT2D eigenvalue weighted by Crippen LogP contribution is -2.55. The van der Waals surface area contributed by atoms with Crippen LogP contribution in [-0.2, 0) is 9.53 Å². The van der Waals surface area contributed by atoms with E-state index in [4.69, 9.17) is 10.5 Å². The van der Waals surface area contributed by atoms with E-state index in [0.29, 0.717) is 25.0 Å². The number of carbonyl (C=O) groups excluding carboxylic acids is 1. The van der Waals surface area contributed by atoms with Crippen LogP contribution in [0.3, 0.4) is 0 Å². The van der Waals surface area contributed by atoms with E-state index < -0.39 is 0 Å². The second kappa shape index (κ2) is 5.36. The molecule has 98 valence electrons. The topological polar surface area (TPSA) is 64.3 Å². The van der Waals surface area contributed by atoms with Gasteiger partial charge in [0.1, 0.15) is 0 Å². The maximum atomic E-state index is 11.7. The van der Waals surface area contributed by atoms with Crippen molar-refractivity contribution in [1.29, 1.82) is 0 Å². The molecule has 0 aromatic heterocycles. The summed E-state index contributed by atoms with van der Waals surface area (Å²) in [6.45, 7) is 3.44. The first-order valence-electron chi connectivity index (χ1n) is 6.78. The fourth-order valence-electron chi connectivity index (χ4n) is 2.63. The van der Waals surface area contributed by atoms with E-state index in [1.807, 2.05) is 6.92 Å². The number of hydrogen-bond donors (Lipinski definition) is 2. The summed E-state index contributed by atoms with van der Waals surface area (Å²) in [6.07, 6.45) is 6.39. The van der Waals surface area contributed by atoms with Crippen molar-refractivity contribution in [2.24, 2.45) is 11.7 Å². The second-order valence-corrected chi connectivity index (χ2v) is 5.61. The standard InChI is InChI=1S/C13H24N2O2/c1-2-17-11-6-10(7-11)8-12(16)15-9-13(14)4-3-5-13/h10-11H,2-9,14H2,1H3,(H,15,16). The van der Waals surface area contributed by atoms with Crippen molar-refractivity contribution >= 4 is 5.91 Å². The fourth-order valence-corrected chi connectivity index (χ4v) is 2.63. The van der Waals surface area contributed by atoms with E-state index in [9.17, 15) is 4.79 Å². The minimum atomic E-state index is -0.108. The fraction of sp³-hybridized carbons (Fsp3) is 0.923. The van der Waals surface area contributed by atoms with E-state index in [0.717, 1.165) is 32.3 Å². The molecule has 2 aliphatic carbocycles. The summed E-state index contributed by atoms with van der Waals surface area (Å²) in [5.41, 5.74) is 5.95.